The maximum atomic E-state index is 12.2. The highest BCUT2D eigenvalue weighted by atomic mass is 16.6. The maximum Gasteiger partial charge on any atom is 0.307 e. The first-order valence-electron chi connectivity index (χ1n) is 10.3. The number of hydrogen-bond acceptors (Lipinski definition) is 6. The van der Waals surface area contributed by atoms with Crippen LogP contribution in [0.25, 0.3) is 0 Å². The first-order chi connectivity index (χ1) is 15.9. The third kappa shape index (κ3) is 9.69. The van der Waals surface area contributed by atoms with Crippen LogP contribution in [-0.2, 0) is 25.7 Å². The fraction of sp³-hybridized carbons (Fsp3) is 0.192. The second-order valence-electron chi connectivity index (χ2n) is 6.92. The molecule has 7 nitrogen and oxygen atoms in total. The molecule has 2 rings (SSSR count). The van der Waals surface area contributed by atoms with Gasteiger partial charge in [-0.25, -0.2) is 0 Å². The molecule has 2 aromatic rings. The van der Waals surface area contributed by atoms with Crippen LogP contribution in [-0.4, -0.2) is 24.0 Å². The molecule has 0 aliphatic rings. The van der Waals surface area contributed by atoms with E-state index in [-0.39, 0.29) is 5.91 Å². The van der Waals surface area contributed by atoms with Crippen LogP contribution < -0.4 is 10.1 Å². The normalized spacial score (nSPS) is 11.7. The Balaban J connectivity index is 1.85. The molecular formula is C26H28N2O5. The average Bonchev–Trinajstić information content (AvgIpc) is 2.79. The zero-order valence-electron chi connectivity index (χ0n) is 19.0. The van der Waals surface area contributed by atoms with Gasteiger partial charge in [-0.2, -0.15) is 0 Å². The van der Waals surface area contributed by atoms with Crippen molar-refractivity contribution in [2.24, 2.45) is 0 Å². The number of benzene rings is 1. The summed E-state index contributed by atoms with van der Waals surface area (Å²) in [5.74, 6) is 0.854. The van der Waals surface area contributed by atoms with Gasteiger partial charge in [0.2, 0.25) is 5.91 Å². The molecule has 1 aromatic carbocycles. The van der Waals surface area contributed by atoms with E-state index in [1.54, 1.807) is 49.5 Å². The first kappa shape index (κ1) is 25.1. The summed E-state index contributed by atoms with van der Waals surface area (Å²) in [6.45, 7) is 7.22. The Morgan fingerprint density at radius 3 is 2.61 bits per heavy atom. The largest absolute Gasteiger partial charge is 0.497 e. The lowest BCUT2D eigenvalue weighted by atomic mass is 10.2. The lowest BCUT2D eigenvalue weighted by Crippen LogP contribution is -2.08. The maximum absolute atomic E-state index is 12.2. The monoisotopic (exact) mass is 448 g/mol. The average molecular weight is 449 g/mol. The molecule has 0 spiro atoms. The number of ether oxygens (including phenoxy) is 3. The summed E-state index contributed by atoms with van der Waals surface area (Å²) < 4.78 is 16.0. The molecule has 0 aliphatic heterocycles. The van der Waals surface area contributed by atoms with Crippen molar-refractivity contribution in [3.63, 3.8) is 0 Å². The van der Waals surface area contributed by atoms with Gasteiger partial charge in [-0.05, 0) is 36.8 Å². The van der Waals surface area contributed by atoms with Crippen LogP contribution in [0.2, 0.25) is 0 Å². The number of pyridine rings is 1. The number of allylic oxidation sites excluding steroid dienone is 5. The van der Waals surface area contributed by atoms with Crippen molar-refractivity contribution in [2.45, 2.75) is 26.9 Å². The van der Waals surface area contributed by atoms with Gasteiger partial charge in [0.05, 0.1) is 12.8 Å². The number of anilines is 1. The Morgan fingerprint density at radius 2 is 1.91 bits per heavy atom. The summed E-state index contributed by atoms with van der Waals surface area (Å²) >= 11 is 0. The number of methoxy groups -OCH3 is 1. The molecule has 7 heteroatoms. The third-order valence-electron chi connectivity index (χ3n) is 4.23. The number of carbonyl (C=O) groups is 2. The van der Waals surface area contributed by atoms with E-state index in [4.69, 9.17) is 14.2 Å². The molecule has 33 heavy (non-hydrogen) atoms. The molecular weight excluding hydrogens is 420 g/mol. The van der Waals surface area contributed by atoms with E-state index in [1.807, 2.05) is 24.3 Å². The summed E-state index contributed by atoms with van der Waals surface area (Å²) in [5, 5.41) is 2.79. The van der Waals surface area contributed by atoms with Gasteiger partial charge < -0.3 is 19.5 Å². The minimum Gasteiger partial charge on any atom is -0.497 e. The molecule has 0 radical (unpaired) electrons. The summed E-state index contributed by atoms with van der Waals surface area (Å²) in [7, 11) is 1.51. The van der Waals surface area contributed by atoms with Crippen LogP contribution in [0.3, 0.4) is 0 Å². The lowest BCUT2D eigenvalue weighted by Gasteiger charge is -2.08. The van der Waals surface area contributed by atoms with Gasteiger partial charge in [-0.3, -0.25) is 14.6 Å². The molecule has 0 saturated carbocycles. The van der Waals surface area contributed by atoms with Crippen LogP contribution in [0.4, 0.5) is 5.69 Å². The van der Waals surface area contributed by atoms with Crippen molar-refractivity contribution in [1.82, 2.24) is 4.98 Å². The number of aromatic nitrogens is 1. The van der Waals surface area contributed by atoms with Crippen LogP contribution in [0.15, 0.2) is 96.6 Å². The number of amides is 1. The van der Waals surface area contributed by atoms with Crippen molar-refractivity contribution in [1.29, 1.82) is 0 Å². The Hall–Kier alpha value is -4.13. The quantitative estimate of drug-likeness (QED) is 0.223. The number of hydrogen-bond donors (Lipinski definition) is 1. The second kappa shape index (κ2) is 13.3. The number of carbonyl (C=O) groups excluding carboxylic acids is 2. The molecule has 1 heterocycles. The zero-order valence-corrected chi connectivity index (χ0v) is 19.0. The highest BCUT2D eigenvalue weighted by molar-refractivity contribution is 5.99. The number of nitrogens with zero attached hydrogens (tertiary/aromatic N) is 1. The van der Waals surface area contributed by atoms with Gasteiger partial charge >= 0.3 is 5.97 Å². The van der Waals surface area contributed by atoms with E-state index in [0.29, 0.717) is 41.6 Å². The summed E-state index contributed by atoms with van der Waals surface area (Å²) in [5.41, 5.74) is 2.05. The number of rotatable bonds is 11. The number of esters is 1. The highest BCUT2D eigenvalue weighted by Gasteiger charge is 2.05. The van der Waals surface area contributed by atoms with E-state index in [0.717, 1.165) is 5.69 Å². The molecule has 1 aromatic heterocycles. The van der Waals surface area contributed by atoms with E-state index in [9.17, 15) is 9.59 Å². The smallest absolute Gasteiger partial charge is 0.307 e. The molecule has 172 valence electrons. The fourth-order valence-corrected chi connectivity index (χ4v) is 2.69. The fourth-order valence-electron chi connectivity index (χ4n) is 2.69. The van der Waals surface area contributed by atoms with Crippen LogP contribution in [0, 0.1) is 0 Å². The summed E-state index contributed by atoms with van der Waals surface area (Å²) in [4.78, 5) is 27.5. The molecule has 0 fully saturated rings. The summed E-state index contributed by atoms with van der Waals surface area (Å²) in [6, 6.07) is 12.8. The zero-order chi connectivity index (χ0) is 24.1. The summed E-state index contributed by atoms with van der Waals surface area (Å²) in [6.07, 6.45) is 8.67. The van der Waals surface area contributed by atoms with Crippen molar-refractivity contribution >= 4 is 17.6 Å². The Morgan fingerprint density at radius 1 is 1.09 bits per heavy atom. The Kier molecular flexibility index (Phi) is 10.1. The van der Waals surface area contributed by atoms with Gasteiger partial charge in [0.25, 0.3) is 0 Å². The third-order valence-corrected chi connectivity index (χ3v) is 4.23. The standard InChI is InChI=1S/C26H28N2O5/c1-19(9-7-13-25(31-4)20(2)33-21(3)29)14-15-26(30)28-22-11-8-12-24(17-22)32-18-23-10-5-6-16-27-23/h5-12,14-17H,1,13,18H2,2-4H3,(H,28,30)/b9-7?,15-14+,25-20-. The second-order valence-corrected chi connectivity index (χ2v) is 6.92. The SMILES string of the molecule is C=C(C=CC/C(OC)=C(\C)OC(C)=O)/C=C/C(=O)Nc1cccc(OCc2ccccn2)c1. The molecule has 0 bridgehead atoms. The van der Waals surface area contributed by atoms with Crippen LogP contribution in [0.1, 0.15) is 26.0 Å². The highest BCUT2D eigenvalue weighted by Crippen LogP contribution is 2.18. The first-order valence-corrected chi connectivity index (χ1v) is 10.3. The van der Waals surface area contributed by atoms with E-state index < -0.39 is 5.97 Å². The van der Waals surface area contributed by atoms with Gasteiger partial charge in [0.1, 0.15) is 23.9 Å². The molecule has 1 amide bonds. The predicted octanol–water partition coefficient (Wildman–Crippen LogP) is 5.10. The van der Waals surface area contributed by atoms with Gasteiger partial charge in [-0.15, -0.1) is 0 Å². The van der Waals surface area contributed by atoms with Crippen molar-refractivity contribution in [3.05, 3.63) is 102 Å². The van der Waals surface area contributed by atoms with Gasteiger partial charge in [-0.1, -0.05) is 36.9 Å². The van der Waals surface area contributed by atoms with Crippen molar-refractivity contribution < 1.29 is 23.8 Å². The van der Waals surface area contributed by atoms with Crippen molar-refractivity contribution in [2.75, 3.05) is 12.4 Å². The molecule has 0 atom stereocenters. The van der Waals surface area contributed by atoms with E-state index >= 15 is 0 Å². The molecule has 0 unspecified atom stereocenters. The topological polar surface area (TPSA) is 86.8 Å². The molecule has 0 aliphatic carbocycles. The predicted molar refractivity (Wildman–Crippen MR) is 127 cm³/mol. The van der Waals surface area contributed by atoms with E-state index in [1.165, 1.54) is 20.1 Å². The van der Waals surface area contributed by atoms with Gasteiger partial charge in [0, 0.05) is 37.4 Å². The Labute approximate surface area is 194 Å². The van der Waals surface area contributed by atoms with Crippen LogP contribution in [0.5, 0.6) is 5.75 Å². The van der Waals surface area contributed by atoms with Gasteiger partial charge in [0.15, 0.2) is 0 Å². The Bertz CT molecular complexity index is 1060. The lowest BCUT2D eigenvalue weighted by molar-refractivity contribution is -0.137. The number of nitrogens with one attached hydrogen (secondary N) is 1. The molecule has 1 N–H and O–H groups in total. The van der Waals surface area contributed by atoms with E-state index in [2.05, 4.69) is 16.9 Å². The minimum atomic E-state index is -0.408. The minimum absolute atomic E-state index is 0.297. The van der Waals surface area contributed by atoms with Crippen LogP contribution >= 0.6 is 0 Å². The molecule has 0 saturated heterocycles. The van der Waals surface area contributed by atoms with Crippen molar-refractivity contribution in [3.8, 4) is 5.75 Å².